The Hall–Kier alpha value is -3.02. The molecule has 4 rings (SSSR count). The summed E-state index contributed by atoms with van der Waals surface area (Å²) in [6.45, 7) is 0.0604. The number of Topliss-reactive ketones (excluding diaryl/α,β-unsaturated/α-hetero) is 1. The van der Waals surface area contributed by atoms with E-state index in [2.05, 4.69) is 0 Å². The molecule has 0 radical (unpaired) electrons. The second-order valence-electron chi connectivity index (χ2n) is 6.53. The molecule has 1 atom stereocenters. The van der Waals surface area contributed by atoms with Gasteiger partial charge in [-0.2, -0.15) is 0 Å². The van der Waals surface area contributed by atoms with Crippen LogP contribution in [0.25, 0.3) is 5.76 Å². The monoisotopic (exact) mass is 427 g/mol. The SMILES string of the molecule is O=C1C(=O)N(Cc2ccco2)[C@@H](c2ccccc2Cl)/C1=C(\O)c1ccc(Cl)cc1. The molecule has 0 spiro atoms. The van der Waals surface area contributed by atoms with Crippen molar-refractivity contribution >= 4 is 40.7 Å². The fourth-order valence-corrected chi connectivity index (χ4v) is 3.76. The molecule has 0 aliphatic carbocycles. The van der Waals surface area contributed by atoms with Gasteiger partial charge in [0.1, 0.15) is 11.5 Å². The molecule has 0 saturated carbocycles. The predicted octanol–water partition coefficient (Wildman–Crippen LogP) is 5.21. The Bertz CT molecular complexity index is 1100. The average molecular weight is 428 g/mol. The van der Waals surface area contributed by atoms with Gasteiger partial charge >= 0.3 is 0 Å². The maximum absolute atomic E-state index is 12.9. The zero-order valence-corrected chi connectivity index (χ0v) is 16.5. The number of hydrogen-bond acceptors (Lipinski definition) is 4. The summed E-state index contributed by atoms with van der Waals surface area (Å²) in [5.74, 6) is -1.29. The highest BCUT2D eigenvalue weighted by Gasteiger charge is 2.47. The summed E-state index contributed by atoms with van der Waals surface area (Å²) >= 11 is 12.3. The molecule has 1 aromatic heterocycles. The summed E-state index contributed by atoms with van der Waals surface area (Å²) < 4.78 is 5.36. The number of likely N-dealkylation sites (tertiary alicyclic amines) is 1. The van der Waals surface area contributed by atoms with E-state index in [1.165, 1.54) is 11.2 Å². The fourth-order valence-electron chi connectivity index (χ4n) is 3.40. The van der Waals surface area contributed by atoms with Crippen LogP contribution in [0.15, 0.2) is 76.9 Å². The maximum Gasteiger partial charge on any atom is 0.296 e. The molecule has 29 heavy (non-hydrogen) atoms. The first kappa shape index (κ1) is 19.3. The number of carbonyl (C=O) groups is 2. The smallest absolute Gasteiger partial charge is 0.296 e. The lowest BCUT2D eigenvalue weighted by Gasteiger charge is -2.25. The molecule has 1 saturated heterocycles. The molecule has 1 fully saturated rings. The predicted molar refractivity (Wildman–Crippen MR) is 109 cm³/mol. The number of hydrogen-bond donors (Lipinski definition) is 1. The lowest BCUT2D eigenvalue weighted by molar-refractivity contribution is -0.140. The number of nitrogens with zero attached hydrogens (tertiary/aromatic N) is 1. The van der Waals surface area contributed by atoms with Crippen molar-refractivity contribution in [3.05, 3.63) is 99.4 Å². The quantitative estimate of drug-likeness (QED) is 0.352. The molecular weight excluding hydrogens is 413 g/mol. The largest absolute Gasteiger partial charge is 0.507 e. The van der Waals surface area contributed by atoms with E-state index >= 15 is 0 Å². The minimum atomic E-state index is -0.857. The lowest BCUT2D eigenvalue weighted by atomic mass is 9.95. The van der Waals surface area contributed by atoms with Crippen LogP contribution in [0, 0.1) is 0 Å². The first-order chi connectivity index (χ1) is 14.0. The van der Waals surface area contributed by atoms with E-state index in [0.717, 1.165) is 0 Å². The first-order valence-corrected chi connectivity index (χ1v) is 9.54. The van der Waals surface area contributed by atoms with Gasteiger partial charge in [-0.15, -0.1) is 0 Å². The Balaban J connectivity index is 1.89. The summed E-state index contributed by atoms with van der Waals surface area (Å²) in [5, 5.41) is 11.8. The van der Waals surface area contributed by atoms with Gasteiger partial charge < -0.3 is 14.4 Å². The van der Waals surface area contributed by atoms with Crippen molar-refractivity contribution in [1.82, 2.24) is 4.90 Å². The van der Waals surface area contributed by atoms with Crippen molar-refractivity contribution in [2.45, 2.75) is 12.6 Å². The van der Waals surface area contributed by atoms with E-state index in [9.17, 15) is 14.7 Å². The van der Waals surface area contributed by atoms with E-state index in [-0.39, 0.29) is 17.9 Å². The van der Waals surface area contributed by atoms with Gasteiger partial charge in [0.2, 0.25) is 0 Å². The van der Waals surface area contributed by atoms with Gasteiger partial charge in [-0.25, -0.2) is 0 Å². The van der Waals surface area contributed by atoms with Gasteiger partial charge in [0, 0.05) is 15.6 Å². The van der Waals surface area contributed by atoms with E-state index in [1.807, 2.05) is 0 Å². The third kappa shape index (κ3) is 3.55. The van der Waals surface area contributed by atoms with Crippen LogP contribution in [-0.4, -0.2) is 21.7 Å². The summed E-state index contributed by atoms with van der Waals surface area (Å²) in [4.78, 5) is 27.1. The molecule has 1 amide bonds. The van der Waals surface area contributed by atoms with Crippen molar-refractivity contribution in [2.24, 2.45) is 0 Å². The summed E-state index contributed by atoms with van der Waals surface area (Å²) in [6, 6.07) is 15.8. The van der Waals surface area contributed by atoms with E-state index in [0.29, 0.717) is 26.9 Å². The second kappa shape index (κ2) is 7.78. The molecule has 3 aromatic rings. The molecule has 1 aliphatic heterocycles. The van der Waals surface area contributed by atoms with Gasteiger partial charge in [0.05, 0.1) is 24.4 Å². The number of carbonyl (C=O) groups excluding carboxylic acids is 2. The molecule has 7 heteroatoms. The number of aliphatic hydroxyl groups excluding tert-OH is 1. The lowest BCUT2D eigenvalue weighted by Crippen LogP contribution is -2.29. The van der Waals surface area contributed by atoms with Crippen molar-refractivity contribution < 1.29 is 19.1 Å². The molecule has 0 unspecified atom stereocenters. The molecule has 2 heterocycles. The van der Waals surface area contributed by atoms with Gasteiger partial charge in [0.25, 0.3) is 11.7 Å². The van der Waals surface area contributed by atoms with Crippen molar-refractivity contribution in [1.29, 1.82) is 0 Å². The summed E-state index contributed by atoms with van der Waals surface area (Å²) in [5.41, 5.74) is 0.884. The van der Waals surface area contributed by atoms with Gasteiger partial charge in [0.15, 0.2) is 0 Å². The van der Waals surface area contributed by atoms with Crippen LogP contribution in [0.5, 0.6) is 0 Å². The number of halogens is 2. The van der Waals surface area contributed by atoms with Gasteiger partial charge in [-0.05, 0) is 48.0 Å². The molecule has 146 valence electrons. The Labute approximate surface area is 176 Å². The Morgan fingerprint density at radius 3 is 2.38 bits per heavy atom. The Morgan fingerprint density at radius 1 is 1.00 bits per heavy atom. The number of ketones is 1. The number of benzene rings is 2. The number of rotatable bonds is 4. The molecule has 2 aromatic carbocycles. The first-order valence-electron chi connectivity index (χ1n) is 8.78. The number of aliphatic hydroxyl groups is 1. The van der Waals surface area contributed by atoms with E-state index in [4.69, 9.17) is 27.6 Å². The van der Waals surface area contributed by atoms with Crippen LogP contribution in [0.4, 0.5) is 0 Å². The van der Waals surface area contributed by atoms with Crippen LogP contribution in [0.2, 0.25) is 10.0 Å². The average Bonchev–Trinajstić information content (AvgIpc) is 3.31. The van der Waals surface area contributed by atoms with Crippen LogP contribution >= 0.6 is 23.2 Å². The Kier molecular flexibility index (Phi) is 5.18. The molecular formula is C22H15Cl2NO4. The van der Waals surface area contributed by atoms with Gasteiger partial charge in [-0.1, -0.05) is 41.4 Å². The summed E-state index contributed by atoms with van der Waals surface area (Å²) in [7, 11) is 0. The third-order valence-corrected chi connectivity index (χ3v) is 5.36. The molecule has 5 nitrogen and oxygen atoms in total. The highest BCUT2D eigenvalue weighted by molar-refractivity contribution is 6.47. The topological polar surface area (TPSA) is 70.8 Å². The van der Waals surface area contributed by atoms with Crippen molar-refractivity contribution in [2.75, 3.05) is 0 Å². The van der Waals surface area contributed by atoms with Crippen LogP contribution < -0.4 is 0 Å². The zero-order valence-electron chi connectivity index (χ0n) is 15.0. The fraction of sp³-hybridized carbons (Fsp3) is 0.0909. The van der Waals surface area contributed by atoms with Crippen molar-refractivity contribution in [3.8, 4) is 0 Å². The normalized spacial score (nSPS) is 18.4. The molecule has 1 aliphatic rings. The van der Waals surface area contributed by atoms with E-state index in [1.54, 1.807) is 60.7 Å². The zero-order chi connectivity index (χ0) is 20.5. The van der Waals surface area contributed by atoms with Gasteiger partial charge in [-0.3, -0.25) is 9.59 Å². The third-order valence-electron chi connectivity index (χ3n) is 4.76. The highest BCUT2D eigenvalue weighted by Crippen LogP contribution is 2.42. The van der Waals surface area contributed by atoms with Crippen LogP contribution in [0.3, 0.4) is 0 Å². The summed E-state index contributed by atoms with van der Waals surface area (Å²) in [6.07, 6.45) is 1.49. The minimum Gasteiger partial charge on any atom is -0.507 e. The maximum atomic E-state index is 12.9. The molecule has 1 N–H and O–H groups in total. The Morgan fingerprint density at radius 2 is 1.72 bits per heavy atom. The number of amides is 1. The minimum absolute atomic E-state index is 0.0306. The van der Waals surface area contributed by atoms with E-state index < -0.39 is 17.7 Å². The standard InChI is InChI=1S/C22H15Cl2NO4/c23-14-9-7-13(8-10-14)20(26)18-19(16-5-1-2-6-17(16)24)25(22(28)21(18)27)12-15-4-3-11-29-15/h1-11,19,26H,12H2/b20-18+/t19-/m0/s1. The van der Waals surface area contributed by atoms with Crippen molar-refractivity contribution in [3.63, 3.8) is 0 Å². The highest BCUT2D eigenvalue weighted by atomic mass is 35.5. The number of furan rings is 1. The van der Waals surface area contributed by atoms with Crippen LogP contribution in [-0.2, 0) is 16.1 Å². The second-order valence-corrected chi connectivity index (χ2v) is 7.38. The molecule has 0 bridgehead atoms. The van der Waals surface area contributed by atoms with Crippen LogP contribution in [0.1, 0.15) is 22.9 Å².